The molecule has 5 atom stereocenters. The largest absolute Gasteiger partial charge is 0.488 e. The Morgan fingerprint density at radius 1 is 1.30 bits per heavy atom. The summed E-state index contributed by atoms with van der Waals surface area (Å²) in [5.74, 6) is 0.198. The molecule has 3 aromatic rings. The van der Waals surface area contributed by atoms with E-state index in [-0.39, 0.29) is 12.4 Å². The second-order valence-electron chi connectivity index (χ2n) is 6.74. The number of nitrogen functional groups attached to an aromatic ring is 1. The van der Waals surface area contributed by atoms with Crippen LogP contribution in [0.15, 0.2) is 40.6 Å². The monoisotopic (exact) mass is 466 g/mol. The molecule has 4 heterocycles. The van der Waals surface area contributed by atoms with Gasteiger partial charge in [-0.15, -0.1) is 0 Å². The first kappa shape index (κ1) is 20.4. The van der Waals surface area contributed by atoms with Gasteiger partial charge in [0.1, 0.15) is 25.1 Å². The van der Waals surface area contributed by atoms with E-state index in [1.807, 2.05) is 12.1 Å². The number of fused-ring (bicyclic) bond motifs is 2. The third-order valence-corrected chi connectivity index (χ3v) is 7.05. The molecule has 30 heavy (non-hydrogen) atoms. The lowest BCUT2D eigenvalue weighted by molar-refractivity contribution is -0.0628. The number of hydrogen-bond donors (Lipinski definition) is 3. The number of anilines is 1. The molecule has 2 saturated heterocycles. The number of aliphatic hydroxyl groups excluding tert-OH is 1. The van der Waals surface area contributed by atoms with Gasteiger partial charge in [-0.3, -0.25) is 4.57 Å². The standard InChI is InChI=1S/C16H15BClN5O5PS/c17-29(25)26-5-9-12(28-29)11(24)15(27-9)23-14-10(13(19)20-6-21-14)22-16(23)30-8-3-1-7(18)2-4-8/h1-4,6,9,11-12,15,24-25H,5H2,(H2,19,20,21)/q+1/t9-,11-,12-,15-,29?/m1/s1. The number of halogens is 1. The summed E-state index contributed by atoms with van der Waals surface area (Å²) >= 11 is 7.29. The van der Waals surface area contributed by atoms with Crippen LogP contribution < -0.4 is 5.73 Å². The van der Waals surface area contributed by atoms with Crippen LogP contribution in [-0.4, -0.2) is 62.0 Å². The third-order valence-electron chi connectivity index (χ3n) is 4.76. The first-order chi connectivity index (χ1) is 14.3. The summed E-state index contributed by atoms with van der Waals surface area (Å²) in [5, 5.41) is 12.0. The van der Waals surface area contributed by atoms with Crippen LogP contribution in [0.5, 0.6) is 0 Å². The van der Waals surface area contributed by atoms with Gasteiger partial charge in [-0.05, 0) is 24.3 Å². The van der Waals surface area contributed by atoms with Crippen LogP contribution in [0.25, 0.3) is 11.2 Å². The van der Waals surface area contributed by atoms with Gasteiger partial charge in [-0.25, -0.2) is 19.8 Å². The van der Waals surface area contributed by atoms with E-state index in [0.717, 1.165) is 4.90 Å². The first-order valence-electron chi connectivity index (χ1n) is 8.81. The maximum absolute atomic E-state index is 10.9. The fourth-order valence-electron chi connectivity index (χ4n) is 3.40. The Hall–Kier alpha value is -1.50. The van der Waals surface area contributed by atoms with E-state index in [2.05, 4.69) is 15.0 Å². The van der Waals surface area contributed by atoms with Crippen LogP contribution in [0, 0.1) is 0 Å². The molecule has 154 valence electrons. The maximum Gasteiger partial charge on any atom is 0.488 e. The number of hydrogen-bond acceptors (Lipinski definition) is 10. The summed E-state index contributed by atoms with van der Waals surface area (Å²) in [7, 11) is 2.10. The summed E-state index contributed by atoms with van der Waals surface area (Å²) in [6.45, 7) is -0.0115. The Labute approximate surface area is 181 Å². The summed E-state index contributed by atoms with van der Waals surface area (Å²) in [6, 6.07) is 7.20. The second kappa shape index (κ2) is 7.58. The van der Waals surface area contributed by atoms with E-state index in [0.29, 0.717) is 21.3 Å². The van der Waals surface area contributed by atoms with Crippen LogP contribution in [0.4, 0.5) is 5.82 Å². The lowest BCUT2D eigenvalue weighted by Gasteiger charge is -2.27. The number of nitrogens with zero attached hydrogens (tertiary/aromatic N) is 4. The molecule has 0 aliphatic carbocycles. The molecule has 0 amide bonds. The molecule has 2 aromatic heterocycles. The smallest absolute Gasteiger partial charge is 0.385 e. The minimum atomic E-state index is -3.50. The van der Waals surface area contributed by atoms with Gasteiger partial charge in [0.2, 0.25) is 0 Å². The van der Waals surface area contributed by atoms with E-state index in [4.69, 9.17) is 38.7 Å². The first-order valence-corrected chi connectivity index (χ1v) is 11.7. The van der Waals surface area contributed by atoms with E-state index < -0.39 is 32.4 Å². The molecule has 2 fully saturated rings. The number of benzene rings is 1. The van der Waals surface area contributed by atoms with E-state index in [1.54, 1.807) is 16.7 Å². The fraction of sp³-hybridized carbons (Fsp3) is 0.312. The number of ether oxygens (including phenoxy) is 1. The molecule has 10 nitrogen and oxygen atoms in total. The van der Waals surface area contributed by atoms with Crippen molar-refractivity contribution < 1.29 is 23.8 Å². The third kappa shape index (κ3) is 3.57. The molecule has 4 N–H and O–H groups in total. The number of aliphatic hydroxyl groups is 1. The maximum atomic E-state index is 10.9. The van der Waals surface area contributed by atoms with E-state index >= 15 is 0 Å². The average molecular weight is 467 g/mol. The highest BCUT2D eigenvalue weighted by atomic mass is 35.5. The zero-order valence-corrected chi connectivity index (χ0v) is 17.7. The molecule has 5 rings (SSSR count). The highest BCUT2D eigenvalue weighted by Crippen LogP contribution is 2.58. The Kier molecular flexibility index (Phi) is 5.15. The number of nitrogens with two attached hydrogens (primary N) is 1. The SMILES string of the molecule is [B][P+]1(O)OC[C@H]2O[C@@H](n3c(Sc4ccc(Cl)cc4)nc4c(N)ncnc43)[C@H](O)[C@@H]2O1. The van der Waals surface area contributed by atoms with Gasteiger partial charge in [0.15, 0.2) is 34.5 Å². The average Bonchev–Trinajstić information content (AvgIpc) is 3.21. The zero-order valence-electron chi connectivity index (χ0n) is 15.2. The van der Waals surface area contributed by atoms with Crippen molar-refractivity contribution in [3.63, 3.8) is 0 Å². The van der Waals surface area contributed by atoms with Crippen LogP contribution in [0.2, 0.25) is 5.02 Å². The quantitative estimate of drug-likeness (QED) is 0.386. The molecule has 14 heteroatoms. The lowest BCUT2D eigenvalue weighted by Crippen LogP contribution is -2.40. The van der Waals surface area contributed by atoms with E-state index in [1.165, 1.54) is 18.1 Å². The highest BCUT2D eigenvalue weighted by Gasteiger charge is 2.57. The Morgan fingerprint density at radius 3 is 2.83 bits per heavy atom. The summed E-state index contributed by atoms with van der Waals surface area (Å²) in [4.78, 5) is 23.6. The van der Waals surface area contributed by atoms with Gasteiger partial charge < -0.3 is 15.6 Å². The minimum Gasteiger partial charge on any atom is -0.385 e. The van der Waals surface area contributed by atoms with Crippen LogP contribution in [-0.2, 0) is 13.8 Å². The Morgan fingerprint density at radius 2 is 2.07 bits per heavy atom. The molecule has 2 aliphatic heterocycles. The summed E-state index contributed by atoms with van der Waals surface area (Å²) < 4.78 is 18.1. The lowest BCUT2D eigenvalue weighted by atomic mass is 10.1. The van der Waals surface area contributed by atoms with Gasteiger partial charge in [0.05, 0.1) is 0 Å². The van der Waals surface area contributed by atoms with Crippen molar-refractivity contribution in [1.29, 1.82) is 0 Å². The molecular weight excluding hydrogens is 452 g/mol. The van der Waals surface area contributed by atoms with Crippen molar-refractivity contribution in [2.45, 2.75) is 34.6 Å². The van der Waals surface area contributed by atoms with Gasteiger partial charge in [0, 0.05) is 9.92 Å². The van der Waals surface area contributed by atoms with E-state index in [9.17, 15) is 10.00 Å². The zero-order chi connectivity index (χ0) is 21.0. The molecule has 1 aromatic carbocycles. The molecule has 2 aliphatic rings. The topological polar surface area (TPSA) is 138 Å². The Bertz CT molecular complexity index is 1110. The van der Waals surface area contributed by atoms with Crippen molar-refractivity contribution in [1.82, 2.24) is 19.5 Å². The fourth-order valence-corrected chi connectivity index (χ4v) is 5.46. The van der Waals surface area contributed by atoms with Crippen LogP contribution >= 0.6 is 31.2 Å². The normalized spacial score (nSPS) is 31.2. The van der Waals surface area contributed by atoms with Crippen LogP contribution in [0.3, 0.4) is 0 Å². The molecule has 0 spiro atoms. The number of aromatic nitrogens is 4. The van der Waals surface area contributed by atoms with Crippen LogP contribution in [0.1, 0.15) is 6.23 Å². The number of imidazole rings is 1. The molecular formula is C16H15BClN5O5PS+. The molecule has 2 radical (unpaired) electrons. The van der Waals surface area contributed by atoms with Crippen molar-refractivity contribution >= 4 is 55.7 Å². The summed E-state index contributed by atoms with van der Waals surface area (Å²) in [6.07, 6.45) is -2.26. The predicted octanol–water partition coefficient (Wildman–Crippen LogP) is 1.73. The molecule has 0 saturated carbocycles. The van der Waals surface area contributed by atoms with Crippen molar-refractivity contribution in [3.8, 4) is 0 Å². The number of rotatable bonds is 3. The van der Waals surface area contributed by atoms with Gasteiger partial charge >= 0.3 is 15.4 Å². The van der Waals surface area contributed by atoms with Gasteiger partial charge in [0.25, 0.3) is 0 Å². The molecule has 0 bridgehead atoms. The highest BCUT2D eigenvalue weighted by molar-refractivity contribution is 7.99. The van der Waals surface area contributed by atoms with Crippen molar-refractivity contribution in [2.75, 3.05) is 12.3 Å². The van der Waals surface area contributed by atoms with Gasteiger partial charge in [-0.2, -0.15) is 9.05 Å². The predicted molar refractivity (Wildman–Crippen MR) is 111 cm³/mol. The van der Waals surface area contributed by atoms with Crippen molar-refractivity contribution in [2.24, 2.45) is 0 Å². The van der Waals surface area contributed by atoms with Gasteiger partial charge in [-0.1, -0.05) is 23.4 Å². The molecule has 1 unspecified atom stereocenters. The summed E-state index contributed by atoms with van der Waals surface area (Å²) in [5.41, 5.74) is 6.75. The Balaban J connectivity index is 1.57. The van der Waals surface area contributed by atoms with Crippen molar-refractivity contribution in [3.05, 3.63) is 35.6 Å². The second-order valence-corrected chi connectivity index (χ2v) is 9.81. The minimum absolute atomic E-state index is 0.0115.